The largest absolute Gasteiger partial charge is 0.544 e. The van der Waals surface area contributed by atoms with Crippen LogP contribution in [0.5, 0.6) is 0 Å². The van der Waals surface area contributed by atoms with E-state index >= 15 is 0 Å². The second kappa shape index (κ2) is 15.6. The highest BCUT2D eigenvalue weighted by atomic mass is 16.4. The fourth-order valence-electron chi connectivity index (χ4n) is 1.58. The van der Waals surface area contributed by atoms with Crippen LogP contribution in [-0.2, 0) is 24.0 Å². The number of rotatable bonds is 12. The van der Waals surface area contributed by atoms with Crippen molar-refractivity contribution in [1.82, 2.24) is 0 Å². The first-order valence-corrected chi connectivity index (χ1v) is 7.76. The van der Waals surface area contributed by atoms with Crippen molar-refractivity contribution in [3.63, 3.8) is 0 Å². The van der Waals surface area contributed by atoms with Gasteiger partial charge in [-0.3, -0.25) is 4.79 Å². The number of Topliss-reactive ketones (excluding diaryl/α,β-unsaturated/α-hetero) is 1. The van der Waals surface area contributed by atoms with Crippen LogP contribution in [0.4, 0.5) is 0 Å². The molecule has 0 radical (unpaired) electrons. The Balaban J connectivity index is -0.000000411. The van der Waals surface area contributed by atoms with E-state index in [0.29, 0.717) is 19.3 Å². The summed E-state index contributed by atoms with van der Waals surface area (Å²) in [6.07, 6.45) is 1.13. The maximum absolute atomic E-state index is 10.4. The molecule has 0 aromatic heterocycles. The molecule has 13 heteroatoms. The molecule has 1 unspecified atom stereocenters. The van der Waals surface area contributed by atoms with Gasteiger partial charge in [0.15, 0.2) is 5.78 Å². The summed E-state index contributed by atoms with van der Waals surface area (Å²) in [7, 11) is 0. The van der Waals surface area contributed by atoms with Crippen molar-refractivity contribution in [2.75, 3.05) is 0 Å². The van der Waals surface area contributed by atoms with Crippen LogP contribution in [0.1, 0.15) is 38.5 Å². The molecule has 11 N–H and O–H groups in total. The quantitative estimate of drug-likeness (QED) is 0.263. The SMILES string of the molecule is O.[NH3+]C(CCCC(=O)C(=O)[O-])C(=O)[O-].[NH3+][C@H](CCC[C@H]([NH3+])C(=O)[O-])C(=O)[O-]. The molecule has 0 aliphatic carbocycles. The van der Waals surface area contributed by atoms with Gasteiger partial charge in [0.2, 0.25) is 0 Å². The third-order valence-electron chi connectivity index (χ3n) is 3.29. The molecule has 0 saturated heterocycles. The molecule has 0 saturated carbocycles. The molecule has 0 spiro atoms. The lowest BCUT2D eigenvalue weighted by Crippen LogP contribution is -2.69. The number of carbonyl (C=O) groups excluding carboxylic acids is 5. The maximum Gasteiger partial charge on any atom is 0.178 e. The Labute approximate surface area is 154 Å². The average Bonchev–Trinajstić information content (AvgIpc) is 2.54. The minimum Gasteiger partial charge on any atom is -0.544 e. The van der Waals surface area contributed by atoms with E-state index in [0.717, 1.165) is 0 Å². The van der Waals surface area contributed by atoms with Crippen LogP contribution in [0.2, 0.25) is 0 Å². The minimum atomic E-state index is -1.74. The Morgan fingerprint density at radius 1 is 0.630 bits per heavy atom. The van der Waals surface area contributed by atoms with Crippen LogP contribution in [0.25, 0.3) is 0 Å². The van der Waals surface area contributed by atoms with Gasteiger partial charge in [0.05, 0.1) is 17.9 Å². The number of aliphatic carboxylic acids is 4. The van der Waals surface area contributed by atoms with Gasteiger partial charge < -0.3 is 62.3 Å². The molecule has 0 rings (SSSR count). The Bertz CT molecular complexity index is 491. The van der Waals surface area contributed by atoms with E-state index in [1.165, 1.54) is 0 Å². The second-order valence-corrected chi connectivity index (χ2v) is 5.58. The van der Waals surface area contributed by atoms with Crippen molar-refractivity contribution >= 4 is 29.7 Å². The second-order valence-electron chi connectivity index (χ2n) is 5.58. The van der Waals surface area contributed by atoms with Gasteiger partial charge in [-0.05, 0) is 12.8 Å². The standard InChI is InChI=1S/C7H14N2O4.C7H11NO5.H2O/c2*8-4(6(10)11)2-1-3-5(9)7(12)13;/h4-5H,1-3,8-9H2,(H,10,11)(H,12,13);4H,1-3,8H2,(H,10,11)(H,12,13);1H2/p-1/t4-,5+;;. The highest BCUT2D eigenvalue weighted by molar-refractivity contribution is 6.31. The van der Waals surface area contributed by atoms with Crippen LogP contribution in [0.15, 0.2) is 0 Å². The topological polar surface area (TPSA) is 292 Å². The van der Waals surface area contributed by atoms with Gasteiger partial charge in [-0.25, -0.2) is 0 Å². The summed E-state index contributed by atoms with van der Waals surface area (Å²) in [6, 6.07) is -2.47. The first-order valence-electron chi connectivity index (χ1n) is 7.76. The van der Waals surface area contributed by atoms with E-state index in [9.17, 15) is 44.4 Å². The zero-order valence-electron chi connectivity index (χ0n) is 14.8. The molecule has 158 valence electrons. The summed E-state index contributed by atoms with van der Waals surface area (Å²) in [5, 5.41) is 40.4. The first-order chi connectivity index (χ1) is 11.9. The van der Waals surface area contributed by atoms with Crippen LogP contribution in [0, 0.1) is 0 Å². The Hall–Kier alpha value is -2.61. The van der Waals surface area contributed by atoms with E-state index in [-0.39, 0.29) is 24.7 Å². The molecule has 27 heavy (non-hydrogen) atoms. The summed E-state index contributed by atoms with van der Waals surface area (Å²) in [5.41, 5.74) is 9.91. The lowest BCUT2D eigenvalue weighted by Gasteiger charge is -2.11. The number of hydrogen-bond acceptors (Lipinski definition) is 9. The van der Waals surface area contributed by atoms with Crippen molar-refractivity contribution < 1.29 is 67.1 Å². The van der Waals surface area contributed by atoms with Gasteiger partial charge in [0.1, 0.15) is 24.1 Å². The Morgan fingerprint density at radius 2 is 0.926 bits per heavy atom. The predicted octanol–water partition coefficient (Wildman–Crippen LogP) is -10.1. The minimum absolute atomic E-state index is 0. The molecule has 0 bridgehead atoms. The third kappa shape index (κ3) is 16.6. The van der Waals surface area contributed by atoms with E-state index in [1.54, 1.807) is 0 Å². The molecule has 0 fully saturated rings. The van der Waals surface area contributed by atoms with Gasteiger partial charge in [-0.1, -0.05) is 0 Å². The van der Waals surface area contributed by atoms with Gasteiger partial charge in [-0.2, -0.15) is 0 Å². The predicted molar refractivity (Wildman–Crippen MR) is 76.4 cm³/mol. The van der Waals surface area contributed by atoms with Crippen molar-refractivity contribution in [1.29, 1.82) is 0 Å². The number of carboxylic acids is 4. The van der Waals surface area contributed by atoms with Crippen molar-refractivity contribution in [2.24, 2.45) is 0 Å². The van der Waals surface area contributed by atoms with Crippen LogP contribution in [0.3, 0.4) is 0 Å². The highest BCUT2D eigenvalue weighted by Crippen LogP contribution is 1.99. The Morgan fingerprint density at radius 3 is 1.19 bits per heavy atom. The third-order valence-corrected chi connectivity index (χ3v) is 3.29. The van der Waals surface area contributed by atoms with Crippen molar-refractivity contribution in [2.45, 2.75) is 56.7 Å². The molecule has 0 aliphatic rings. The lowest BCUT2D eigenvalue weighted by molar-refractivity contribution is -0.444. The normalized spacial score (nSPS) is 13.0. The van der Waals surface area contributed by atoms with Crippen molar-refractivity contribution in [3.05, 3.63) is 0 Å². The summed E-state index contributed by atoms with van der Waals surface area (Å²) in [6.45, 7) is 0. The van der Waals surface area contributed by atoms with Crippen LogP contribution in [-0.4, -0.2) is 53.3 Å². The maximum atomic E-state index is 10.4. The number of hydrogen-bond donors (Lipinski definition) is 3. The van der Waals surface area contributed by atoms with E-state index in [4.69, 9.17) is 0 Å². The molecule has 0 aromatic carbocycles. The number of quaternary nitrogens is 3. The molecule has 13 nitrogen and oxygen atoms in total. The smallest absolute Gasteiger partial charge is 0.178 e. The van der Waals surface area contributed by atoms with E-state index in [1.807, 2.05) is 0 Å². The fraction of sp³-hybridized carbons (Fsp3) is 0.643. The number of ketones is 1. The van der Waals surface area contributed by atoms with Gasteiger partial charge in [0.25, 0.3) is 0 Å². The van der Waals surface area contributed by atoms with E-state index < -0.39 is 47.8 Å². The number of carbonyl (C=O) groups is 5. The zero-order chi connectivity index (χ0) is 20.9. The van der Waals surface area contributed by atoms with Crippen molar-refractivity contribution in [3.8, 4) is 0 Å². The lowest BCUT2D eigenvalue weighted by atomic mass is 10.1. The van der Waals surface area contributed by atoms with Gasteiger partial charge in [0, 0.05) is 25.7 Å². The number of carboxylic acid groups (broad SMARTS) is 4. The summed E-state index contributed by atoms with van der Waals surface area (Å²) >= 11 is 0. The zero-order valence-corrected chi connectivity index (χ0v) is 14.8. The molecular formula is C14H26N3O10-. The summed E-state index contributed by atoms with van der Waals surface area (Å²) in [4.78, 5) is 50.9. The molecule has 0 aromatic rings. The first kappa shape index (κ1) is 29.2. The van der Waals surface area contributed by atoms with E-state index in [2.05, 4.69) is 17.2 Å². The Kier molecular flexibility index (Phi) is 16.9. The highest BCUT2D eigenvalue weighted by Gasteiger charge is 2.11. The monoisotopic (exact) mass is 396 g/mol. The van der Waals surface area contributed by atoms with Gasteiger partial charge in [-0.15, -0.1) is 0 Å². The van der Waals surface area contributed by atoms with Gasteiger partial charge >= 0.3 is 0 Å². The summed E-state index contributed by atoms with van der Waals surface area (Å²) < 4.78 is 0. The molecule has 0 aliphatic heterocycles. The molecule has 0 amide bonds. The van der Waals surface area contributed by atoms with Crippen LogP contribution >= 0.6 is 0 Å². The summed E-state index contributed by atoms with van der Waals surface area (Å²) in [5.74, 6) is -6.50. The fourth-order valence-corrected chi connectivity index (χ4v) is 1.58. The van der Waals surface area contributed by atoms with Crippen LogP contribution < -0.4 is 37.6 Å². The molecule has 3 atom stereocenters. The average molecular weight is 396 g/mol. The molecule has 0 heterocycles. The molecular weight excluding hydrogens is 370 g/mol.